The Kier molecular flexibility index (Phi) is 10.6. The van der Waals surface area contributed by atoms with Crippen LogP contribution in [0.3, 0.4) is 0 Å². The van der Waals surface area contributed by atoms with Crippen molar-refractivity contribution in [1.29, 1.82) is 0 Å². The highest BCUT2D eigenvalue weighted by Crippen LogP contribution is 2.32. The number of thioether (sulfide) groups is 1. The first-order chi connectivity index (χ1) is 18.0. The number of ether oxygens (including phenoxy) is 2. The first kappa shape index (κ1) is 30.0. The van der Waals surface area contributed by atoms with Crippen LogP contribution in [0.15, 0.2) is 59.5 Å². The Morgan fingerprint density at radius 2 is 1.61 bits per heavy atom. The van der Waals surface area contributed by atoms with Crippen LogP contribution < -0.4 is 19.1 Å². The summed E-state index contributed by atoms with van der Waals surface area (Å²) in [6.45, 7) is 3.75. The summed E-state index contributed by atoms with van der Waals surface area (Å²) in [5.41, 5.74) is 3.19. The van der Waals surface area contributed by atoms with E-state index in [-0.39, 0.29) is 17.2 Å². The molecule has 7 nitrogen and oxygen atoms in total. The molecule has 0 bridgehead atoms. The highest BCUT2D eigenvalue weighted by molar-refractivity contribution is 7.98. The molecule has 3 aromatic carbocycles. The number of hydrogen-bond acceptors (Lipinski definition) is 6. The molecule has 11 heteroatoms. The van der Waals surface area contributed by atoms with Gasteiger partial charge in [0.15, 0.2) is 11.5 Å². The number of aryl methyl sites for hydroxylation is 2. The average Bonchev–Trinajstić information content (AvgIpc) is 2.87. The van der Waals surface area contributed by atoms with Gasteiger partial charge in [-0.3, -0.25) is 9.10 Å². The predicted molar refractivity (Wildman–Crippen MR) is 156 cm³/mol. The van der Waals surface area contributed by atoms with E-state index in [1.165, 1.54) is 32.4 Å². The number of carbonyl (C=O) groups excluding carboxylic acids is 1. The molecule has 0 aliphatic heterocycles. The Hall–Kier alpha value is -2.59. The van der Waals surface area contributed by atoms with E-state index in [9.17, 15) is 13.2 Å². The van der Waals surface area contributed by atoms with Crippen LogP contribution in [0.25, 0.3) is 0 Å². The first-order valence-corrected chi connectivity index (χ1v) is 15.0. The number of sulfonamides is 1. The molecule has 3 rings (SSSR count). The molecule has 0 unspecified atom stereocenters. The Morgan fingerprint density at radius 1 is 0.921 bits per heavy atom. The average molecular weight is 598 g/mol. The molecule has 0 aliphatic rings. The van der Waals surface area contributed by atoms with Crippen molar-refractivity contribution in [3.8, 4) is 11.5 Å². The Labute approximate surface area is 238 Å². The fourth-order valence-electron chi connectivity index (χ4n) is 3.78. The van der Waals surface area contributed by atoms with Crippen LogP contribution in [0.4, 0.5) is 5.69 Å². The summed E-state index contributed by atoms with van der Waals surface area (Å²) < 4.78 is 39.2. The normalized spacial score (nSPS) is 11.2. The molecule has 0 radical (unpaired) electrons. The zero-order valence-corrected chi connectivity index (χ0v) is 24.7. The molecule has 0 atom stereocenters. The summed E-state index contributed by atoms with van der Waals surface area (Å²) in [5.74, 6) is 1.61. The second-order valence-corrected chi connectivity index (χ2v) is 12.3. The van der Waals surface area contributed by atoms with E-state index in [4.69, 9.17) is 32.7 Å². The third-order valence-corrected chi connectivity index (χ3v) is 9.09. The minimum Gasteiger partial charge on any atom is -0.493 e. The van der Waals surface area contributed by atoms with Gasteiger partial charge in [-0.05, 0) is 66.9 Å². The van der Waals surface area contributed by atoms with Gasteiger partial charge in [0, 0.05) is 24.1 Å². The maximum atomic E-state index is 13.8. The van der Waals surface area contributed by atoms with Crippen LogP contribution >= 0.6 is 35.0 Å². The standard InChI is InChI=1S/C27H30Cl2N2O5S2/c1-18-11-19(2)13-21(12-18)31(38(33,34)22-6-8-25(35-3)26(15-22)36-4)16-27(32)30-9-10-37-17-20-5-7-23(28)24(29)14-20/h5-8,11-15H,9-10,16-17H2,1-4H3,(H,30,32). The molecule has 0 spiro atoms. The number of rotatable bonds is 12. The lowest BCUT2D eigenvalue weighted by atomic mass is 10.1. The van der Waals surface area contributed by atoms with E-state index < -0.39 is 15.9 Å². The minimum absolute atomic E-state index is 0.0145. The fraction of sp³-hybridized carbons (Fsp3) is 0.296. The quantitative estimate of drug-likeness (QED) is 0.263. The molecule has 1 amide bonds. The predicted octanol–water partition coefficient (Wildman–Crippen LogP) is 5.87. The molecule has 204 valence electrons. The van der Waals surface area contributed by atoms with Crippen molar-refractivity contribution >= 4 is 56.6 Å². The maximum Gasteiger partial charge on any atom is 0.264 e. The smallest absolute Gasteiger partial charge is 0.264 e. The van der Waals surface area contributed by atoms with Gasteiger partial charge in [-0.2, -0.15) is 11.8 Å². The van der Waals surface area contributed by atoms with Crippen LogP contribution in [0.2, 0.25) is 10.0 Å². The fourth-order valence-corrected chi connectivity index (χ4v) is 6.33. The number of halogens is 2. The summed E-state index contributed by atoms with van der Waals surface area (Å²) in [4.78, 5) is 12.9. The second kappa shape index (κ2) is 13.5. The van der Waals surface area contributed by atoms with Gasteiger partial charge in [0.2, 0.25) is 5.91 Å². The molecule has 0 heterocycles. The number of benzene rings is 3. The number of hydrogen-bond donors (Lipinski definition) is 1. The van der Waals surface area contributed by atoms with Gasteiger partial charge in [-0.25, -0.2) is 8.42 Å². The van der Waals surface area contributed by atoms with E-state index in [1.807, 2.05) is 32.0 Å². The number of amides is 1. The monoisotopic (exact) mass is 596 g/mol. The molecule has 38 heavy (non-hydrogen) atoms. The van der Waals surface area contributed by atoms with Crippen molar-refractivity contribution in [3.05, 3.63) is 81.3 Å². The Bertz CT molecular complexity index is 1380. The van der Waals surface area contributed by atoms with E-state index in [0.29, 0.717) is 39.5 Å². The maximum absolute atomic E-state index is 13.8. The lowest BCUT2D eigenvalue weighted by molar-refractivity contribution is -0.119. The van der Waals surface area contributed by atoms with Crippen LogP contribution in [0, 0.1) is 13.8 Å². The van der Waals surface area contributed by atoms with Crippen LogP contribution in [-0.2, 0) is 20.6 Å². The molecule has 0 aromatic heterocycles. The van der Waals surface area contributed by atoms with Gasteiger partial charge in [0.1, 0.15) is 6.54 Å². The van der Waals surface area contributed by atoms with Crippen LogP contribution in [0.5, 0.6) is 11.5 Å². The minimum atomic E-state index is -4.11. The second-order valence-electron chi connectivity index (χ2n) is 8.53. The van der Waals surface area contributed by atoms with Crippen molar-refractivity contribution in [1.82, 2.24) is 5.32 Å². The third-order valence-electron chi connectivity index (χ3n) is 5.55. The first-order valence-electron chi connectivity index (χ1n) is 11.7. The van der Waals surface area contributed by atoms with Crippen molar-refractivity contribution in [2.75, 3.05) is 37.4 Å². The summed E-state index contributed by atoms with van der Waals surface area (Å²) in [7, 11) is -1.20. The van der Waals surface area contributed by atoms with Crippen LogP contribution in [0.1, 0.15) is 16.7 Å². The van der Waals surface area contributed by atoms with Crippen molar-refractivity contribution in [2.24, 2.45) is 0 Å². The van der Waals surface area contributed by atoms with Gasteiger partial charge >= 0.3 is 0 Å². The van der Waals surface area contributed by atoms with Gasteiger partial charge in [0.25, 0.3) is 10.0 Å². The van der Waals surface area contributed by atoms with Crippen molar-refractivity contribution in [3.63, 3.8) is 0 Å². The van der Waals surface area contributed by atoms with Gasteiger partial charge < -0.3 is 14.8 Å². The molecule has 0 saturated carbocycles. The lowest BCUT2D eigenvalue weighted by Crippen LogP contribution is -2.41. The van der Waals surface area contributed by atoms with E-state index in [2.05, 4.69) is 5.32 Å². The summed E-state index contributed by atoms with van der Waals surface area (Å²) in [6.07, 6.45) is 0. The highest BCUT2D eigenvalue weighted by Gasteiger charge is 2.28. The molecular weight excluding hydrogens is 567 g/mol. The lowest BCUT2D eigenvalue weighted by Gasteiger charge is -2.25. The molecule has 1 N–H and O–H groups in total. The van der Waals surface area contributed by atoms with Gasteiger partial charge in [-0.1, -0.05) is 35.3 Å². The Balaban J connectivity index is 1.74. The third kappa shape index (κ3) is 7.72. The topological polar surface area (TPSA) is 84.9 Å². The molecular formula is C27H30Cl2N2O5S2. The Morgan fingerprint density at radius 3 is 2.24 bits per heavy atom. The summed E-state index contributed by atoms with van der Waals surface area (Å²) in [5, 5.41) is 3.83. The number of nitrogens with zero attached hydrogens (tertiary/aromatic N) is 1. The number of nitrogens with one attached hydrogen (secondary N) is 1. The number of methoxy groups -OCH3 is 2. The summed E-state index contributed by atoms with van der Waals surface area (Å²) in [6, 6.07) is 15.2. The molecule has 0 saturated heterocycles. The van der Waals surface area contributed by atoms with Crippen molar-refractivity contribution in [2.45, 2.75) is 24.5 Å². The number of anilines is 1. The van der Waals surface area contributed by atoms with E-state index in [0.717, 1.165) is 21.0 Å². The molecule has 0 aliphatic carbocycles. The molecule has 0 fully saturated rings. The zero-order valence-electron chi connectivity index (χ0n) is 21.6. The van der Waals surface area contributed by atoms with Gasteiger partial charge in [-0.15, -0.1) is 0 Å². The highest BCUT2D eigenvalue weighted by atomic mass is 35.5. The largest absolute Gasteiger partial charge is 0.493 e. The zero-order chi connectivity index (χ0) is 27.9. The SMILES string of the molecule is COc1ccc(S(=O)(=O)N(CC(=O)NCCSCc2ccc(Cl)c(Cl)c2)c2cc(C)cc(C)c2)cc1OC. The molecule has 3 aromatic rings. The van der Waals surface area contributed by atoms with E-state index >= 15 is 0 Å². The summed E-state index contributed by atoms with van der Waals surface area (Å²) >= 11 is 13.6. The van der Waals surface area contributed by atoms with Gasteiger partial charge in [0.05, 0.1) is 34.8 Å². The van der Waals surface area contributed by atoms with Crippen molar-refractivity contribution < 1.29 is 22.7 Å². The number of carbonyl (C=O) groups is 1. The van der Waals surface area contributed by atoms with Crippen LogP contribution in [-0.4, -0.2) is 47.4 Å². The van der Waals surface area contributed by atoms with E-state index in [1.54, 1.807) is 30.0 Å².